The number of benzene rings is 2. The molecule has 3 aromatic rings. The van der Waals surface area contributed by atoms with Gasteiger partial charge in [0.2, 0.25) is 0 Å². The Labute approximate surface area is 121 Å². The Balaban J connectivity index is 1.98. The molecule has 0 unspecified atom stereocenters. The first kappa shape index (κ1) is 12.0. The van der Waals surface area contributed by atoms with Crippen LogP contribution < -0.4 is 4.74 Å². The normalized spacial score (nSPS) is 10.8. The first-order valence-electron chi connectivity index (χ1n) is 5.21. The summed E-state index contributed by atoms with van der Waals surface area (Å²) in [6, 6.07) is 13.4. The molecular weight excluding hydrogens is 334 g/mol. The van der Waals surface area contributed by atoms with Crippen LogP contribution in [0.25, 0.3) is 10.2 Å². The van der Waals surface area contributed by atoms with Gasteiger partial charge in [-0.05, 0) is 30.3 Å². The van der Waals surface area contributed by atoms with E-state index in [1.54, 1.807) is 6.07 Å². The summed E-state index contributed by atoms with van der Waals surface area (Å²) in [6.07, 6.45) is 0. The fourth-order valence-electron chi connectivity index (χ4n) is 1.54. The third kappa shape index (κ3) is 2.36. The largest absolute Gasteiger partial charge is 0.429 e. The van der Waals surface area contributed by atoms with E-state index >= 15 is 0 Å². The Morgan fingerprint density at radius 3 is 2.83 bits per heavy atom. The lowest BCUT2D eigenvalue weighted by Gasteiger charge is -2.03. The fraction of sp³-hybridized carbons (Fsp3) is 0. The highest BCUT2D eigenvalue weighted by atomic mass is 79.9. The van der Waals surface area contributed by atoms with E-state index in [1.807, 2.05) is 36.4 Å². The van der Waals surface area contributed by atoms with E-state index in [-0.39, 0.29) is 0 Å². The molecule has 0 atom stereocenters. The molecule has 0 amide bonds. The molecule has 2 nitrogen and oxygen atoms in total. The van der Waals surface area contributed by atoms with E-state index < -0.39 is 0 Å². The maximum atomic E-state index is 6.08. The predicted octanol–water partition coefficient (Wildman–Crippen LogP) is 5.50. The lowest BCUT2D eigenvalue weighted by atomic mass is 10.3. The zero-order valence-electron chi connectivity index (χ0n) is 9.06. The highest BCUT2D eigenvalue weighted by molar-refractivity contribution is 9.10. The summed E-state index contributed by atoms with van der Waals surface area (Å²) in [4.78, 5) is 4.40. The summed E-state index contributed by atoms with van der Waals surface area (Å²) in [5, 5.41) is 1.16. The third-order valence-electron chi connectivity index (χ3n) is 2.36. The van der Waals surface area contributed by atoms with Gasteiger partial charge < -0.3 is 4.74 Å². The van der Waals surface area contributed by atoms with Crippen molar-refractivity contribution < 1.29 is 4.74 Å². The second-order valence-electron chi connectivity index (χ2n) is 3.62. The van der Waals surface area contributed by atoms with E-state index in [0.29, 0.717) is 16.0 Å². The maximum absolute atomic E-state index is 6.08. The van der Waals surface area contributed by atoms with Crippen molar-refractivity contribution in [2.75, 3.05) is 0 Å². The van der Waals surface area contributed by atoms with Crippen molar-refractivity contribution in [2.45, 2.75) is 0 Å². The number of rotatable bonds is 2. The maximum Gasteiger partial charge on any atom is 0.279 e. The van der Waals surface area contributed by atoms with E-state index in [4.69, 9.17) is 16.3 Å². The van der Waals surface area contributed by atoms with Gasteiger partial charge in [-0.2, -0.15) is 0 Å². The smallest absolute Gasteiger partial charge is 0.279 e. The summed E-state index contributed by atoms with van der Waals surface area (Å²) in [5.74, 6) is 0.602. The predicted molar refractivity (Wildman–Crippen MR) is 78.8 cm³/mol. The van der Waals surface area contributed by atoms with E-state index in [9.17, 15) is 0 Å². The van der Waals surface area contributed by atoms with Crippen molar-refractivity contribution in [1.82, 2.24) is 4.98 Å². The summed E-state index contributed by atoms with van der Waals surface area (Å²) in [7, 11) is 0. The fourth-order valence-corrected chi connectivity index (χ4v) is 2.87. The van der Waals surface area contributed by atoms with Gasteiger partial charge in [-0.3, -0.25) is 0 Å². The number of thiazole rings is 1. The van der Waals surface area contributed by atoms with Gasteiger partial charge in [0.1, 0.15) is 5.75 Å². The van der Waals surface area contributed by atoms with Gasteiger partial charge in [-0.25, -0.2) is 4.98 Å². The van der Waals surface area contributed by atoms with Gasteiger partial charge in [0.25, 0.3) is 5.19 Å². The minimum Gasteiger partial charge on any atom is -0.429 e. The molecule has 0 aliphatic heterocycles. The van der Waals surface area contributed by atoms with Crippen molar-refractivity contribution in [3.8, 4) is 10.9 Å². The van der Waals surface area contributed by atoms with Crippen molar-refractivity contribution >= 4 is 49.1 Å². The Morgan fingerprint density at radius 1 is 1.17 bits per heavy atom. The number of halogens is 2. The summed E-state index contributed by atoms with van der Waals surface area (Å²) >= 11 is 11.0. The first-order valence-corrected chi connectivity index (χ1v) is 7.19. The van der Waals surface area contributed by atoms with Crippen LogP contribution in [0.15, 0.2) is 46.9 Å². The van der Waals surface area contributed by atoms with Crippen LogP contribution in [0.2, 0.25) is 5.02 Å². The van der Waals surface area contributed by atoms with Gasteiger partial charge in [0, 0.05) is 4.47 Å². The van der Waals surface area contributed by atoms with Crippen LogP contribution in [0.3, 0.4) is 0 Å². The molecule has 0 radical (unpaired) electrons. The number of ether oxygens (including phenoxy) is 1. The SMILES string of the molecule is Clc1ccc(Br)cc1Oc1nc2ccccc2s1. The Bertz CT molecular complexity index is 680. The molecule has 0 N–H and O–H groups in total. The van der Waals surface area contributed by atoms with Crippen LogP contribution >= 0.6 is 38.9 Å². The number of aromatic nitrogens is 1. The van der Waals surface area contributed by atoms with Crippen LogP contribution in [0, 0.1) is 0 Å². The van der Waals surface area contributed by atoms with Crippen LogP contribution in [-0.4, -0.2) is 4.98 Å². The lowest BCUT2D eigenvalue weighted by Crippen LogP contribution is -1.84. The molecule has 90 valence electrons. The first-order chi connectivity index (χ1) is 8.72. The molecule has 0 spiro atoms. The molecule has 0 aliphatic rings. The van der Waals surface area contributed by atoms with Crippen LogP contribution in [0.5, 0.6) is 10.9 Å². The number of para-hydroxylation sites is 1. The van der Waals surface area contributed by atoms with Crippen molar-refractivity contribution in [3.05, 3.63) is 52.0 Å². The third-order valence-corrected chi connectivity index (χ3v) is 4.08. The molecule has 5 heteroatoms. The van der Waals surface area contributed by atoms with E-state index in [0.717, 1.165) is 14.7 Å². The minimum atomic E-state index is 0.567. The van der Waals surface area contributed by atoms with Crippen LogP contribution in [-0.2, 0) is 0 Å². The number of hydrogen-bond acceptors (Lipinski definition) is 3. The molecular formula is C13H7BrClNOS. The Kier molecular flexibility index (Phi) is 3.24. The van der Waals surface area contributed by atoms with Gasteiger partial charge in [-0.1, -0.05) is 51.0 Å². The highest BCUT2D eigenvalue weighted by Gasteiger charge is 2.08. The molecule has 3 rings (SSSR count). The van der Waals surface area contributed by atoms with Crippen LogP contribution in [0.4, 0.5) is 0 Å². The second-order valence-corrected chi connectivity index (χ2v) is 5.94. The molecule has 0 saturated heterocycles. The van der Waals surface area contributed by atoms with Crippen molar-refractivity contribution in [3.63, 3.8) is 0 Å². The molecule has 1 heterocycles. The molecule has 0 fully saturated rings. The van der Waals surface area contributed by atoms with Crippen LogP contribution in [0.1, 0.15) is 0 Å². The average Bonchev–Trinajstić information content (AvgIpc) is 2.76. The zero-order valence-corrected chi connectivity index (χ0v) is 12.2. The molecule has 1 aromatic heterocycles. The van der Waals surface area contributed by atoms with Gasteiger partial charge in [0.15, 0.2) is 0 Å². The quantitative estimate of drug-likeness (QED) is 0.614. The average molecular weight is 341 g/mol. The topological polar surface area (TPSA) is 22.1 Å². The second kappa shape index (κ2) is 4.88. The standard InChI is InChI=1S/C13H7BrClNOS/c14-8-5-6-9(15)11(7-8)17-13-16-10-3-1-2-4-12(10)18-13/h1-7H. The lowest BCUT2D eigenvalue weighted by molar-refractivity contribution is 0.480. The minimum absolute atomic E-state index is 0.567. The Morgan fingerprint density at radius 2 is 2.00 bits per heavy atom. The molecule has 0 bridgehead atoms. The highest BCUT2D eigenvalue weighted by Crippen LogP contribution is 2.35. The summed E-state index contributed by atoms with van der Waals surface area (Å²) < 4.78 is 7.74. The van der Waals surface area contributed by atoms with Gasteiger partial charge >= 0.3 is 0 Å². The monoisotopic (exact) mass is 339 g/mol. The van der Waals surface area contributed by atoms with E-state index in [2.05, 4.69) is 20.9 Å². The number of nitrogens with zero attached hydrogens (tertiary/aromatic N) is 1. The van der Waals surface area contributed by atoms with Gasteiger partial charge in [0.05, 0.1) is 15.2 Å². The van der Waals surface area contributed by atoms with Crippen molar-refractivity contribution in [2.24, 2.45) is 0 Å². The molecule has 2 aromatic carbocycles. The van der Waals surface area contributed by atoms with Crippen molar-refractivity contribution in [1.29, 1.82) is 0 Å². The molecule has 18 heavy (non-hydrogen) atoms. The van der Waals surface area contributed by atoms with E-state index in [1.165, 1.54) is 11.3 Å². The number of fused-ring (bicyclic) bond motifs is 1. The van der Waals surface area contributed by atoms with Gasteiger partial charge in [-0.15, -0.1) is 0 Å². The Hall–Kier alpha value is -1.10. The molecule has 0 saturated carbocycles. The number of hydrogen-bond donors (Lipinski definition) is 0. The zero-order chi connectivity index (χ0) is 12.5. The molecule has 0 aliphatic carbocycles. The summed E-state index contributed by atoms with van der Waals surface area (Å²) in [5.41, 5.74) is 0.934. The summed E-state index contributed by atoms with van der Waals surface area (Å²) in [6.45, 7) is 0.